The Morgan fingerprint density at radius 1 is 1.00 bits per heavy atom. The third kappa shape index (κ3) is 5.07. The number of amides is 1. The zero-order valence-corrected chi connectivity index (χ0v) is 21.3. The van der Waals surface area contributed by atoms with Crippen LogP contribution < -0.4 is 5.32 Å². The van der Waals surface area contributed by atoms with Gasteiger partial charge in [0.05, 0.1) is 25.4 Å². The molecule has 4 aliphatic carbocycles. The second-order valence-electron chi connectivity index (χ2n) is 11.8. The third-order valence-corrected chi connectivity index (χ3v) is 9.72. The number of methoxy groups -OCH3 is 1. The molecule has 0 spiro atoms. The highest BCUT2D eigenvalue weighted by Gasteiger charge is 2.47. The molecule has 4 bridgehead atoms. The van der Waals surface area contributed by atoms with Gasteiger partial charge in [-0.15, -0.1) is 0 Å². The summed E-state index contributed by atoms with van der Waals surface area (Å²) in [6, 6.07) is 0. The maximum Gasteiger partial charge on any atom is 0.237 e. The number of anilines is 1. The summed E-state index contributed by atoms with van der Waals surface area (Å²) in [4.78, 5) is 29.0. The Bertz CT molecular complexity index is 874. The molecule has 1 aromatic rings. The average Bonchev–Trinajstić information content (AvgIpc) is 2.87. The normalized spacial score (nSPS) is 32.6. The Labute approximate surface area is 209 Å². The topological polar surface area (TPSA) is 73.8 Å². The first kappa shape index (κ1) is 23.6. The third-order valence-electron chi connectivity index (χ3n) is 9.72. The van der Waals surface area contributed by atoms with E-state index in [1.54, 1.807) is 13.4 Å². The molecule has 35 heavy (non-hydrogen) atoms. The van der Waals surface area contributed by atoms with E-state index in [2.05, 4.69) is 25.1 Å². The maximum atomic E-state index is 13.1. The van der Waals surface area contributed by atoms with E-state index in [0.717, 1.165) is 99.9 Å². The van der Waals surface area contributed by atoms with E-state index < -0.39 is 0 Å². The van der Waals surface area contributed by atoms with Crippen molar-refractivity contribution >= 4 is 11.7 Å². The van der Waals surface area contributed by atoms with Gasteiger partial charge in [-0.2, -0.15) is 0 Å². The highest BCUT2D eigenvalue weighted by molar-refractivity contribution is 5.78. The Morgan fingerprint density at radius 3 is 2.43 bits per heavy atom. The van der Waals surface area contributed by atoms with E-state index in [9.17, 15) is 4.79 Å². The smallest absolute Gasteiger partial charge is 0.237 e. The van der Waals surface area contributed by atoms with Crippen molar-refractivity contribution in [2.24, 2.45) is 29.6 Å². The summed E-state index contributed by atoms with van der Waals surface area (Å²) in [6.45, 7) is 8.58. The van der Waals surface area contributed by atoms with E-state index in [1.165, 1.54) is 37.7 Å². The van der Waals surface area contributed by atoms with Gasteiger partial charge in [0.25, 0.3) is 0 Å². The standard InChI is InChI=1S/C27H42N6O2/c1-35-9-8-31-4-6-32(7-5-31)17-26(34)33-3-2-23-25(16-33)29-18-30-27(23)28-15-24-21-11-19-10-20(13-21)14-22(24)12-19/h18-22,24H,2-17H2,1H3,(H,28,29,30). The lowest BCUT2D eigenvalue weighted by molar-refractivity contribution is -0.133. The number of carbonyl (C=O) groups is 1. The van der Waals surface area contributed by atoms with E-state index >= 15 is 0 Å². The van der Waals surface area contributed by atoms with Crippen LogP contribution in [0.15, 0.2) is 6.33 Å². The molecule has 8 nitrogen and oxygen atoms in total. The highest BCUT2D eigenvalue weighted by Crippen LogP contribution is 2.56. The highest BCUT2D eigenvalue weighted by atomic mass is 16.5. The summed E-state index contributed by atoms with van der Waals surface area (Å²) in [5.41, 5.74) is 2.25. The number of hydrogen-bond acceptors (Lipinski definition) is 7. The van der Waals surface area contributed by atoms with Crippen LogP contribution in [0.5, 0.6) is 0 Å². The molecule has 0 radical (unpaired) electrons. The first-order valence-electron chi connectivity index (χ1n) is 13.9. The van der Waals surface area contributed by atoms with E-state index in [4.69, 9.17) is 4.74 Å². The molecule has 1 N–H and O–H groups in total. The van der Waals surface area contributed by atoms with Crippen LogP contribution in [0, 0.1) is 29.6 Å². The fourth-order valence-corrected chi connectivity index (χ4v) is 7.99. The van der Waals surface area contributed by atoms with Crippen molar-refractivity contribution < 1.29 is 9.53 Å². The van der Waals surface area contributed by atoms with Crippen LogP contribution in [0.2, 0.25) is 0 Å². The van der Waals surface area contributed by atoms with E-state index in [1.807, 2.05) is 4.90 Å². The molecule has 7 rings (SSSR count). The predicted octanol–water partition coefficient (Wildman–Crippen LogP) is 2.11. The molecule has 1 aromatic heterocycles. The molecule has 3 heterocycles. The maximum absolute atomic E-state index is 13.1. The minimum atomic E-state index is 0.225. The van der Waals surface area contributed by atoms with Gasteiger partial charge in [0.2, 0.25) is 5.91 Å². The molecule has 5 fully saturated rings. The first-order valence-corrected chi connectivity index (χ1v) is 13.9. The van der Waals surface area contributed by atoms with Crippen LogP contribution in [-0.2, 0) is 22.5 Å². The molecule has 2 aliphatic heterocycles. The lowest BCUT2D eigenvalue weighted by atomic mass is 9.52. The second-order valence-corrected chi connectivity index (χ2v) is 11.8. The second kappa shape index (κ2) is 10.3. The first-order chi connectivity index (χ1) is 17.2. The number of ether oxygens (including phenoxy) is 1. The summed E-state index contributed by atoms with van der Waals surface area (Å²) < 4.78 is 5.19. The lowest BCUT2D eigenvalue weighted by Gasteiger charge is -2.54. The zero-order chi connectivity index (χ0) is 23.8. The van der Waals surface area contributed by atoms with Crippen LogP contribution in [0.4, 0.5) is 5.82 Å². The monoisotopic (exact) mass is 482 g/mol. The fraction of sp³-hybridized carbons (Fsp3) is 0.815. The molecule has 0 atom stereocenters. The van der Waals surface area contributed by atoms with Gasteiger partial charge >= 0.3 is 0 Å². The molecule has 4 saturated carbocycles. The van der Waals surface area contributed by atoms with Crippen LogP contribution in [-0.4, -0.2) is 96.6 Å². The number of aromatic nitrogens is 2. The van der Waals surface area contributed by atoms with Crippen molar-refractivity contribution in [3.05, 3.63) is 17.6 Å². The number of carbonyl (C=O) groups excluding carboxylic acids is 1. The van der Waals surface area contributed by atoms with Crippen LogP contribution in [0.25, 0.3) is 0 Å². The Hall–Kier alpha value is -1.77. The Kier molecular flexibility index (Phi) is 6.95. The van der Waals surface area contributed by atoms with Crippen molar-refractivity contribution in [2.45, 2.75) is 45.1 Å². The predicted molar refractivity (Wildman–Crippen MR) is 135 cm³/mol. The van der Waals surface area contributed by atoms with Gasteiger partial charge in [0.15, 0.2) is 0 Å². The SMILES string of the molecule is COCCN1CCN(CC(=O)N2CCc3c(ncnc3NCC3C4CC5CC(C4)CC3C5)C2)CC1. The van der Waals surface area contributed by atoms with Crippen molar-refractivity contribution in [1.29, 1.82) is 0 Å². The fourth-order valence-electron chi connectivity index (χ4n) is 7.99. The lowest BCUT2D eigenvalue weighted by Crippen LogP contribution is -2.51. The summed E-state index contributed by atoms with van der Waals surface area (Å²) >= 11 is 0. The van der Waals surface area contributed by atoms with Crippen molar-refractivity contribution in [2.75, 3.05) is 71.4 Å². The zero-order valence-electron chi connectivity index (χ0n) is 21.3. The largest absolute Gasteiger partial charge is 0.383 e. The summed E-state index contributed by atoms with van der Waals surface area (Å²) in [6.07, 6.45) is 9.87. The van der Waals surface area contributed by atoms with Gasteiger partial charge in [0, 0.05) is 58.5 Å². The minimum Gasteiger partial charge on any atom is -0.383 e. The molecule has 192 valence electrons. The number of hydrogen-bond donors (Lipinski definition) is 1. The minimum absolute atomic E-state index is 0.225. The summed E-state index contributed by atoms with van der Waals surface area (Å²) in [5, 5.41) is 3.75. The molecule has 0 aromatic carbocycles. The number of nitrogens with one attached hydrogen (secondary N) is 1. The number of fused-ring (bicyclic) bond motifs is 1. The van der Waals surface area contributed by atoms with Crippen molar-refractivity contribution in [3.8, 4) is 0 Å². The van der Waals surface area contributed by atoms with Crippen LogP contribution >= 0.6 is 0 Å². The molecular formula is C27H42N6O2. The van der Waals surface area contributed by atoms with E-state index in [0.29, 0.717) is 13.1 Å². The molecule has 6 aliphatic rings. The average molecular weight is 483 g/mol. The summed E-state index contributed by atoms with van der Waals surface area (Å²) in [7, 11) is 1.75. The molecule has 1 saturated heterocycles. The molecule has 0 unspecified atom stereocenters. The van der Waals surface area contributed by atoms with Crippen molar-refractivity contribution in [3.63, 3.8) is 0 Å². The van der Waals surface area contributed by atoms with Gasteiger partial charge in [-0.1, -0.05) is 0 Å². The molecule has 8 heteroatoms. The molecule has 1 amide bonds. The molecular weight excluding hydrogens is 440 g/mol. The van der Waals surface area contributed by atoms with Crippen molar-refractivity contribution in [1.82, 2.24) is 24.7 Å². The number of rotatable bonds is 8. The van der Waals surface area contributed by atoms with Gasteiger partial charge in [-0.05, 0) is 68.1 Å². The van der Waals surface area contributed by atoms with Crippen LogP contribution in [0.3, 0.4) is 0 Å². The van der Waals surface area contributed by atoms with Gasteiger partial charge < -0.3 is 15.0 Å². The van der Waals surface area contributed by atoms with Gasteiger partial charge in [-0.25, -0.2) is 9.97 Å². The Balaban J connectivity index is 1.02. The van der Waals surface area contributed by atoms with Crippen LogP contribution in [0.1, 0.15) is 43.4 Å². The summed E-state index contributed by atoms with van der Waals surface area (Å²) in [5.74, 6) is 5.93. The van der Waals surface area contributed by atoms with E-state index in [-0.39, 0.29) is 5.91 Å². The quantitative estimate of drug-likeness (QED) is 0.608. The van der Waals surface area contributed by atoms with Gasteiger partial charge in [-0.3, -0.25) is 14.6 Å². The van der Waals surface area contributed by atoms with Gasteiger partial charge in [0.1, 0.15) is 12.1 Å². The number of piperazine rings is 1. The number of nitrogens with zero attached hydrogens (tertiary/aromatic N) is 5. The Morgan fingerprint density at radius 2 is 1.71 bits per heavy atom.